The highest BCUT2D eigenvalue weighted by Crippen LogP contribution is 2.67. The Labute approximate surface area is 155 Å². The van der Waals surface area contributed by atoms with Crippen molar-refractivity contribution in [1.82, 2.24) is 0 Å². The van der Waals surface area contributed by atoms with Gasteiger partial charge >= 0.3 is 0 Å². The maximum atomic E-state index is 11.9. The summed E-state index contributed by atoms with van der Waals surface area (Å²) in [6, 6.07) is 0. The van der Waals surface area contributed by atoms with E-state index < -0.39 is 0 Å². The van der Waals surface area contributed by atoms with Gasteiger partial charge in [0, 0.05) is 17.2 Å². The van der Waals surface area contributed by atoms with Crippen LogP contribution in [0.25, 0.3) is 0 Å². The minimum Gasteiger partial charge on any atom is -0.0654 e. The van der Waals surface area contributed by atoms with E-state index in [0.717, 1.165) is 49.1 Å². The van der Waals surface area contributed by atoms with Crippen LogP contribution in [0.3, 0.4) is 0 Å². The molecule has 0 bridgehead atoms. The van der Waals surface area contributed by atoms with Crippen LogP contribution < -0.4 is 0 Å². The average Bonchev–Trinajstić information content (AvgIpc) is 2.93. The lowest BCUT2D eigenvalue weighted by molar-refractivity contribution is -0.577. The number of hydrogen-bond acceptors (Lipinski definition) is 1. The molecule has 0 N–H and O–H groups in total. The van der Waals surface area contributed by atoms with E-state index in [0.29, 0.717) is 16.7 Å². The molecule has 2 heteroatoms. The zero-order valence-electron chi connectivity index (χ0n) is 17.1. The van der Waals surface area contributed by atoms with Crippen LogP contribution in [0.2, 0.25) is 0 Å². The lowest BCUT2D eigenvalue weighted by atomic mass is 9.45. The molecule has 1 saturated heterocycles. The summed E-state index contributed by atoms with van der Waals surface area (Å²) in [4.78, 5) is 11.9. The maximum absolute atomic E-state index is 11.9. The number of nitroso groups, excluding NO2 is 1. The van der Waals surface area contributed by atoms with Gasteiger partial charge in [0.15, 0.2) is 13.1 Å². The van der Waals surface area contributed by atoms with Crippen molar-refractivity contribution in [2.75, 3.05) is 13.1 Å². The second-order valence-electron chi connectivity index (χ2n) is 10.8. The highest BCUT2D eigenvalue weighted by Gasteiger charge is 2.61. The average molecular weight is 347 g/mol. The Morgan fingerprint density at radius 1 is 1.00 bits per heavy atom. The minimum atomic E-state index is 0.457. The number of rotatable bonds is 3. The molecule has 0 amide bonds. The molecule has 25 heavy (non-hydrogen) atoms. The van der Waals surface area contributed by atoms with E-state index in [2.05, 4.69) is 27.7 Å². The summed E-state index contributed by atoms with van der Waals surface area (Å²) in [5, 5.41) is 0. The standard InChI is InChI=1S/C23H40NO/c1-5-6-16(2)19-9-10-20-18-8-7-17-15-24(25)14-13-22(17,3)21(18)11-12-23(19,20)4/h16-21H,5-15H2,1-4H3/q+1/t16-,17?,18+,19-,20+,21+,22+,23-/m1/s1. The molecule has 0 aromatic rings. The van der Waals surface area contributed by atoms with E-state index in [1.807, 2.05) is 0 Å². The van der Waals surface area contributed by atoms with Gasteiger partial charge in [0.2, 0.25) is 0 Å². The molecule has 3 saturated carbocycles. The first kappa shape index (κ1) is 18.0. The van der Waals surface area contributed by atoms with Crippen molar-refractivity contribution in [3.63, 3.8) is 0 Å². The van der Waals surface area contributed by atoms with Crippen LogP contribution in [0.1, 0.15) is 85.5 Å². The van der Waals surface area contributed by atoms with Gasteiger partial charge in [0.25, 0.3) is 0 Å². The molecule has 1 unspecified atom stereocenters. The summed E-state index contributed by atoms with van der Waals surface area (Å²) in [6.45, 7) is 11.7. The van der Waals surface area contributed by atoms with Crippen molar-refractivity contribution in [1.29, 1.82) is 0 Å². The maximum Gasteiger partial charge on any atom is 0.195 e. The van der Waals surface area contributed by atoms with Gasteiger partial charge in [-0.1, -0.05) is 40.5 Å². The van der Waals surface area contributed by atoms with E-state index in [4.69, 9.17) is 0 Å². The Kier molecular flexibility index (Phi) is 4.56. The zero-order chi connectivity index (χ0) is 17.8. The Morgan fingerprint density at radius 2 is 1.76 bits per heavy atom. The molecule has 1 aliphatic heterocycles. The summed E-state index contributed by atoms with van der Waals surface area (Å²) < 4.78 is 1.36. The fourth-order valence-corrected chi connectivity index (χ4v) is 8.56. The smallest absolute Gasteiger partial charge is 0.0654 e. The topological polar surface area (TPSA) is 20.1 Å². The molecule has 4 aliphatic rings. The summed E-state index contributed by atoms with van der Waals surface area (Å²) in [6.07, 6.45) is 12.5. The summed E-state index contributed by atoms with van der Waals surface area (Å²) in [7, 11) is 0. The van der Waals surface area contributed by atoms with Crippen LogP contribution in [0.4, 0.5) is 0 Å². The van der Waals surface area contributed by atoms with Crippen LogP contribution in [0, 0.1) is 51.2 Å². The van der Waals surface area contributed by atoms with Gasteiger partial charge in [-0.05, 0) is 83.7 Å². The third-order valence-corrected chi connectivity index (χ3v) is 9.89. The molecule has 1 heterocycles. The Bertz CT molecular complexity index is 530. The monoisotopic (exact) mass is 346 g/mol. The Balaban J connectivity index is 1.57. The third-order valence-electron chi connectivity index (χ3n) is 9.89. The number of fused-ring (bicyclic) bond motifs is 5. The van der Waals surface area contributed by atoms with Crippen LogP contribution in [-0.2, 0) is 0 Å². The van der Waals surface area contributed by atoms with Crippen LogP contribution >= 0.6 is 0 Å². The molecule has 0 radical (unpaired) electrons. The van der Waals surface area contributed by atoms with E-state index in [1.165, 1.54) is 56.1 Å². The molecule has 8 atom stereocenters. The Morgan fingerprint density at radius 3 is 2.52 bits per heavy atom. The van der Waals surface area contributed by atoms with Crippen LogP contribution in [0.15, 0.2) is 0 Å². The largest absolute Gasteiger partial charge is 0.195 e. The first-order chi connectivity index (χ1) is 11.9. The highest BCUT2D eigenvalue weighted by molar-refractivity contribution is 5.09. The van der Waals surface area contributed by atoms with Crippen LogP contribution in [-0.4, -0.2) is 17.8 Å². The predicted molar refractivity (Wildman–Crippen MR) is 103 cm³/mol. The van der Waals surface area contributed by atoms with Gasteiger partial charge in [0.1, 0.15) is 0 Å². The van der Waals surface area contributed by atoms with Crippen molar-refractivity contribution in [2.24, 2.45) is 46.3 Å². The Hall–Kier alpha value is -0.400. The second-order valence-corrected chi connectivity index (χ2v) is 10.8. The molecule has 0 aromatic carbocycles. The van der Waals surface area contributed by atoms with Crippen molar-refractivity contribution >= 4 is 0 Å². The predicted octanol–water partition coefficient (Wildman–Crippen LogP) is 6.08. The van der Waals surface area contributed by atoms with Crippen molar-refractivity contribution in [2.45, 2.75) is 85.5 Å². The zero-order valence-corrected chi connectivity index (χ0v) is 17.1. The summed E-state index contributed by atoms with van der Waals surface area (Å²) in [5.74, 6) is 5.37. The van der Waals surface area contributed by atoms with E-state index in [1.54, 1.807) is 0 Å². The molecule has 2 nitrogen and oxygen atoms in total. The number of nitrogens with zero attached hydrogens (tertiary/aromatic N) is 1. The molecule has 4 rings (SSSR count). The normalized spacial score (nSPS) is 50.7. The van der Waals surface area contributed by atoms with E-state index in [-0.39, 0.29) is 0 Å². The van der Waals surface area contributed by atoms with Crippen LogP contribution in [0.5, 0.6) is 0 Å². The molecule has 0 spiro atoms. The first-order valence-electron chi connectivity index (χ1n) is 11.3. The summed E-state index contributed by atoms with van der Waals surface area (Å²) >= 11 is 0. The lowest BCUT2D eigenvalue weighted by Crippen LogP contribution is -2.55. The molecule has 4 fully saturated rings. The van der Waals surface area contributed by atoms with Crippen molar-refractivity contribution in [3.8, 4) is 0 Å². The fraction of sp³-hybridized carbons (Fsp3) is 1.00. The highest BCUT2D eigenvalue weighted by atomic mass is 16.3. The van der Waals surface area contributed by atoms with Gasteiger partial charge in [-0.2, -0.15) is 0 Å². The lowest BCUT2D eigenvalue weighted by Gasteiger charge is -2.59. The molecule has 142 valence electrons. The minimum absolute atomic E-state index is 0.457. The third kappa shape index (κ3) is 2.64. The first-order valence-corrected chi connectivity index (χ1v) is 11.3. The van der Waals surface area contributed by atoms with E-state index in [9.17, 15) is 4.91 Å². The number of hydrogen-bond donors (Lipinski definition) is 0. The molecule has 3 aliphatic carbocycles. The van der Waals surface area contributed by atoms with Gasteiger partial charge in [0.05, 0.1) is 0 Å². The molecule has 0 aromatic heterocycles. The van der Waals surface area contributed by atoms with Gasteiger partial charge in [-0.15, -0.1) is 0 Å². The fourth-order valence-electron chi connectivity index (χ4n) is 8.56. The quantitative estimate of drug-likeness (QED) is 0.567. The molecular formula is C23H40NO+. The number of piperidine rings is 1. The van der Waals surface area contributed by atoms with Crippen molar-refractivity contribution in [3.05, 3.63) is 4.91 Å². The SMILES string of the molecule is CCC[C@@H](C)[C@H]1CC[C@H]2[C@@H]3CCC4C[N+](=O)CC[C@]4(C)[C@H]3CC[C@]12C. The van der Waals surface area contributed by atoms with Gasteiger partial charge in [-0.3, -0.25) is 0 Å². The summed E-state index contributed by atoms with van der Waals surface area (Å²) in [5.41, 5.74) is 1.07. The van der Waals surface area contributed by atoms with Crippen molar-refractivity contribution < 1.29 is 4.76 Å². The van der Waals surface area contributed by atoms with E-state index >= 15 is 0 Å². The van der Waals surface area contributed by atoms with Gasteiger partial charge < -0.3 is 0 Å². The van der Waals surface area contributed by atoms with Gasteiger partial charge in [-0.25, -0.2) is 0 Å². The second kappa shape index (κ2) is 6.34. The molecular weight excluding hydrogens is 306 g/mol.